The van der Waals surface area contributed by atoms with Crippen molar-refractivity contribution in [3.05, 3.63) is 30.3 Å². The number of hydrogen-bond donors (Lipinski definition) is 1. The van der Waals surface area contributed by atoms with Crippen LogP contribution >= 0.6 is 24.2 Å². The Kier molecular flexibility index (Phi) is 2.10. The number of aromatic nitrogens is 2. The van der Waals surface area contributed by atoms with E-state index in [0.717, 1.165) is 11.4 Å². The van der Waals surface area contributed by atoms with Gasteiger partial charge >= 0.3 is 0 Å². The van der Waals surface area contributed by atoms with Gasteiger partial charge in [-0.15, -0.1) is 12.6 Å². The van der Waals surface area contributed by atoms with Crippen molar-refractivity contribution >= 4 is 24.2 Å². The molecule has 2 aromatic rings. The maximum atomic E-state index is 4.15. The molecule has 0 fully saturated rings. The summed E-state index contributed by atoms with van der Waals surface area (Å²) in [5.41, 5.74) is 1.04. The van der Waals surface area contributed by atoms with Gasteiger partial charge in [0, 0.05) is 5.56 Å². The van der Waals surface area contributed by atoms with Gasteiger partial charge in [0.05, 0.1) is 0 Å². The molecule has 0 spiro atoms. The summed E-state index contributed by atoms with van der Waals surface area (Å²) in [5, 5.41) is 0. The second kappa shape index (κ2) is 3.25. The molecule has 0 unspecified atom stereocenters. The van der Waals surface area contributed by atoms with Gasteiger partial charge in [0.2, 0.25) is 0 Å². The van der Waals surface area contributed by atoms with Gasteiger partial charge in [-0.25, -0.2) is 4.98 Å². The molecule has 2 nitrogen and oxygen atoms in total. The Morgan fingerprint density at radius 3 is 2.50 bits per heavy atom. The highest BCUT2D eigenvalue weighted by Crippen LogP contribution is 2.18. The van der Waals surface area contributed by atoms with Gasteiger partial charge in [0.1, 0.15) is 0 Å². The Morgan fingerprint density at radius 1 is 1.17 bits per heavy atom. The molecule has 0 saturated heterocycles. The highest BCUT2D eigenvalue weighted by Gasteiger charge is 2.01. The van der Waals surface area contributed by atoms with Crippen LogP contribution in [0.15, 0.2) is 34.7 Å². The highest BCUT2D eigenvalue weighted by molar-refractivity contribution is 7.82. The first-order valence-corrected chi connectivity index (χ1v) is 4.66. The molecule has 0 aliphatic rings. The summed E-state index contributed by atoms with van der Waals surface area (Å²) >= 11 is 5.40. The minimum Gasteiger partial charge on any atom is -0.208 e. The number of rotatable bonds is 1. The number of benzene rings is 1. The predicted octanol–water partition coefficient (Wildman–Crippen LogP) is 2.49. The van der Waals surface area contributed by atoms with E-state index in [9.17, 15) is 0 Å². The van der Waals surface area contributed by atoms with E-state index in [1.54, 1.807) is 0 Å². The Morgan fingerprint density at radius 2 is 1.92 bits per heavy atom. The zero-order valence-corrected chi connectivity index (χ0v) is 7.85. The molecular weight excluding hydrogens is 188 g/mol. The minimum absolute atomic E-state index is 0.703. The smallest absolute Gasteiger partial charge is 0.174 e. The van der Waals surface area contributed by atoms with Crippen LogP contribution in [0.5, 0.6) is 0 Å². The standard InChI is InChI=1S/C8H6N2S2/c11-8-9-7(10-12-8)6-4-2-1-3-5-6/h1-5H,(H,9,10,11). The summed E-state index contributed by atoms with van der Waals surface area (Å²) in [6.45, 7) is 0. The number of thiol groups is 1. The molecule has 1 aromatic heterocycles. The van der Waals surface area contributed by atoms with E-state index in [1.165, 1.54) is 11.5 Å². The van der Waals surface area contributed by atoms with E-state index in [2.05, 4.69) is 22.0 Å². The third-order valence-electron chi connectivity index (χ3n) is 1.45. The Bertz CT molecular complexity index is 370. The molecule has 0 aliphatic carbocycles. The van der Waals surface area contributed by atoms with Gasteiger partial charge in [-0.3, -0.25) is 0 Å². The lowest BCUT2D eigenvalue weighted by molar-refractivity contribution is 1.23. The van der Waals surface area contributed by atoms with Crippen molar-refractivity contribution in [3.8, 4) is 11.4 Å². The van der Waals surface area contributed by atoms with Crippen LogP contribution in [0.4, 0.5) is 0 Å². The van der Waals surface area contributed by atoms with Crippen LogP contribution in [-0.2, 0) is 0 Å². The van der Waals surface area contributed by atoms with Crippen LogP contribution in [0, 0.1) is 0 Å². The van der Waals surface area contributed by atoms with E-state index in [4.69, 9.17) is 0 Å². The van der Waals surface area contributed by atoms with E-state index >= 15 is 0 Å². The van der Waals surface area contributed by atoms with E-state index in [1.807, 2.05) is 30.3 Å². The van der Waals surface area contributed by atoms with Crippen molar-refractivity contribution in [2.75, 3.05) is 0 Å². The molecule has 0 bridgehead atoms. The van der Waals surface area contributed by atoms with Gasteiger partial charge in [-0.2, -0.15) is 4.37 Å². The number of hydrogen-bond acceptors (Lipinski definition) is 4. The molecular formula is C8H6N2S2. The van der Waals surface area contributed by atoms with Crippen LogP contribution < -0.4 is 0 Å². The molecule has 1 aromatic carbocycles. The third-order valence-corrected chi connectivity index (χ3v) is 2.31. The van der Waals surface area contributed by atoms with Crippen LogP contribution in [0.25, 0.3) is 11.4 Å². The van der Waals surface area contributed by atoms with Crippen LogP contribution in [-0.4, -0.2) is 9.36 Å². The molecule has 0 amide bonds. The summed E-state index contributed by atoms with van der Waals surface area (Å²) in [6, 6.07) is 9.87. The quantitative estimate of drug-likeness (QED) is 0.706. The SMILES string of the molecule is Sc1nc(-c2ccccc2)ns1. The normalized spacial score (nSPS) is 10.1. The zero-order chi connectivity index (χ0) is 8.39. The topological polar surface area (TPSA) is 25.8 Å². The van der Waals surface area contributed by atoms with Crippen molar-refractivity contribution in [1.82, 2.24) is 9.36 Å². The second-order valence-electron chi connectivity index (χ2n) is 2.27. The fourth-order valence-electron chi connectivity index (χ4n) is 0.920. The monoisotopic (exact) mass is 194 g/mol. The zero-order valence-electron chi connectivity index (χ0n) is 6.14. The Hall–Kier alpha value is -0.870. The van der Waals surface area contributed by atoms with Crippen molar-refractivity contribution in [2.24, 2.45) is 0 Å². The van der Waals surface area contributed by atoms with Crippen molar-refractivity contribution in [2.45, 2.75) is 4.34 Å². The van der Waals surface area contributed by atoms with Gasteiger partial charge in [-0.05, 0) is 11.5 Å². The lowest BCUT2D eigenvalue weighted by atomic mass is 10.2. The molecule has 2 rings (SSSR count). The minimum atomic E-state index is 0.703. The first-order chi connectivity index (χ1) is 5.86. The lowest BCUT2D eigenvalue weighted by Gasteiger charge is -1.90. The average Bonchev–Trinajstić information content (AvgIpc) is 2.54. The molecule has 12 heavy (non-hydrogen) atoms. The Labute approximate surface area is 79.9 Å². The van der Waals surface area contributed by atoms with E-state index in [-0.39, 0.29) is 0 Å². The first kappa shape index (κ1) is 7.76. The molecule has 0 radical (unpaired) electrons. The average molecular weight is 194 g/mol. The molecule has 0 aliphatic heterocycles. The second-order valence-corrected chi connectivity index (χ2v) is 3.74. The van der Waals surface area contributed by atoms with Gasteiger partial charge in [0.15, 0.2) is 10.2 Å². The van der Waals surface area contributed by atoms with E-state index < -0.39 is 0 Å². The summed E-state index contributed by atoms with van der Waals surface area (Å²) < 4.78 is 4.84. The van der Waals surface area contributed by atoms with Gasteiger partial charge in [0.25, 0.3) is 0 Å². The van der Waals surface area contributed by atoms with E-state index in [0.29, 0.717) is 4.34 Å². The molecule has 0 N–H and O–H groups in total. The highest BCUT2D eigenvalue weighted by atomic mass is 32.2. The summed E-state index contributed by atoms with van der Waals surface area (Å²) in [5.74, 6) is 0.755. The summed E-state index contributed by atoms with van der Waals surface area (Å²) in [7, 11) is 0. The molecule has 4 heteroatoms. The molecule has 1 heterocycles. The van der Waals surface area contributed by atoms with Gasteiger partial charge < -0.3 is 0 Å². The van der Waals surface area contributed by atoms with Crippen LogP contribution in [0.2, 0.25) is 0 Å². The predicted molar refractivity (Wildman–Crippen MR) is 52.6 cm³/mol. The maximum absolute atomic E-state index is 4.15. The van der Waals surface area contributed by atoms with Crippen LogP contribution in [0.1, 0.15) is 0 Å². The summed E-state index contributed by atoms with van der Waals surface area (Å²) in [6.07, 6.45) is 0. The molecule has 0 atom stereocenters. The first-order valence-electron chi connectivity index (χ1n) is 3.44. The lowest BCUT2D eigenvalue weighted by Crippen LogP contribution is -1.77. The summed E-state index contributed by atoms with van der Waals surface area (Å²) in [4.78, 5) is 4.15. The molecule has 60 valence electrons. The number of nitrogens with zero attached hydrogens (tertiary/aromatic N) is 2. The maximum Gasteiger partial charge on any atom is 0.174 e. The third kappa shape index (κ3) is 1.49. The Balaban J connectivity index is 2.45. The fourth-order valence-corrected chi connectivity index (χ4v) is 1.58. The fraction of sp³-hybridized carbons (Fsp3) is 0. The molecule has 0 saturated carbocycles. The van der Waals surface area contributed by atoms with Crippen LogP contribution in [0.3, 0.4) is 0 Å². The largest absolute Gasteiger partial charge is 0.208 e. The van der Waals surface area contributed by atoms with Gasteiger partial charge in [-0.1, -0.05) is 30.3 Å². The van der Waals surface area contributed by atoms with Crippen molar-refractivity contribution < 1.29 is 0 Å². The van der Waals surface area contributed by atoms with Crippen molar-refractivity contribution in [1.29, 1.82) is 0 Å². The van der Waals surface area contributed by atoms with Crippen molar-refractivity contribution in [3.63, 3.8) is 0 Å².